The molecule has 1 saturated heterocycles. The van der Waals surface area contributed by atoms with E-state index in [0.29, 0.717) is 19.0 Å². The van der Waals surface area contributed by atoms with Crippen LogP contribution in [0.15, 0.2) is 48.5 Å². The zero-order chi connectivity index (χ0) is 20.1. The third-order valence-corrected chi connectivity index (χ3v) is 5.21. The quantitative estimate of drug-likeness (QED) is 0.799. The van der Waals surface area contributed by atoms with Crippen molar-refractivity contribution in [3.63, 3.8) is 0 Å². The van der Waals surface area contributed by atoms with E-state index in [1.54, 1.807) is 12.0 Å². The molecule has 5 nitrogen and oxygen atoms in total. The first-order chi connectivity index (χ1) is 13.5. The molecule has 2 aromatic carbocycles. The van der Waals surface area contributed by atoms with Gasteiger partial charge in [-0.3, -0.25) is 9.59 Å². The number of hydrogen-bond acceptors (Lipinski definition) is 3. The lowest BCUT2D eigenvalue weighted by molar-refractivity contribution is -0.126. The summed E-state index contributed by atoms with van der Waals surface area (Å²) in [6.07, 6.45) is 0.987. The summed E-state index contributed by atoms with van der Waals surface area (Å²) in [5, 5.41) is 2.97. The molecule has 0 aliphatic carbocycles. The molecule has 1 atom stereocenters. The summed E-state index contributed by atoms with van der Waals surface area (Å²) < 4.78 is 5.22. The smallest absolute Gasteiger partial charge is 0.227 e. The van der Waals surface area contributed by atoms with E-state index in [2.05, 4.69) is 31.3 Å². The van der Waals surface area contributed by atoms with Gasteiger partial charge in [0.25, 0.3) is 0 Å². The molecule has 0 aromatic heterocycles. The summed E-state index contributed by atoms with van der Waals surface area (Å²) in [5.41, 5.74) is 3.21. The number of amides is 2. The average molecular weight is 380 g/mol. The molecule has 1 aliphatic rings. The Morgan fingerprint density at radius 2 is 1.96 bits per heavy atom. The molecule has 2 amide bonds. The molecule has 1 aliphatic heterocycles. The second-order valence-corrected chi connectivity index (χ2v) is 7.54. The van der Waals surface area contributed by atoms with E-state index in [1.807, 2.05) is 36.4 Å². The number of hydrogen-bond donors (Lipinski definition) is 1. The fourth-order valence-electron chi connectivity index (χ4n) is 3.47. The Morgan fingerprint density at radius 3 is 2.64 bits per heavy atom. The zero-order valence-corrected chi connectivity index (χ0v) is 16.8. The maximum Gasteiger partial charge on any atom is 0.227 e. The number of methoxy groups -OCH3 is 1. The Kier molecular flexibility index (Phi) is 6.34. The molecular formula is C23H28N2O3. The van der Waals surface area contributed by atoms with Crippen molar-refractivity contribution in [1.82, 2.24) is 5.32 Å². The molecule has 148 valence electrons. The van der Waals surface area contributed by atoms with Crippen molar-refractivity contribution in [2.24, 2.45) is 5.92 Å². The predicted molar refractivity (Wildman–Crippen MR) is 111 cm³/mol. The fraction of sp³-hybridized carbons (Fsp3) is 0.391. The number of carbonyl (C=O) groups excluding carboxylic acids is 2. The van der Waals surface area contributed by atoms with Gasteiger partial charge < -0.3 is 15.0 Å². The predicted octanol–water partition coefficient (Wildman–Crippen LogP) is 3.53. The lowest BCUT2D eigenvalue weighted by Crippen LogP contribution is -2.34. The molecule has 1 heterocycles. The fourth-order valence-corrected chi connectivity index (χ4v) is 3.47. The number of anilines is 1. The summed E-state index contributed by atoms with van der Waals surface area (Å²) in [4.78, 5) is 26.6. The molecule has 1 unspecified atom stereocenters. The molecular weight excluding hydrogens is 352 g/mol. The van der Waals surface area contributed by atoms with Crippen molar-refractivity contribution in [2.75, 3.05) is 25.1 Å². The van der Waals surface area contributed by atoms with Gasteiger partial charge in [0.05, 0.1) is 13.0 Å². The first-order valence-corrected chi connectivity index (χ1v) is 9.79. The number of nitrogens with one attached hydrogen (secondary N) is 1. The van der Waals surface area contributed by atoms with Gasteiger partial charge in [-0.15, -0.1) is 0 Å². The van der Waals surface area contributed by atoms with E-state index < -0.39 is 0 Å². The highest BCUT2D eigenvalue weighted by molar-refractivity contribution is 6.00. The molecule has 0 saturated carbocycles. The van der Waals surface area contributed by atoms with E-state index in [1.165, 1.54) is 5.56 Å². The van der Waals surface area contributed by atoms with Crippen LogP contribution in [0.3, 0.4) is 0 Å². The highest BCUT2D eigenvalue weighted by Gasteiger charge is 2.34. The Morgan fingerprint density at radius 1 is 1.21 bits per heavy atom. The number of nitrogens with zero attached hydrogens (tertiary/aromatic N) is 1. The summed E-state index contributed by atoms with van der Waals surface area (Å²) in [7, 11) is 1.64. The lowest BCUT2D eigenvalue weighted by atomic mass is 10.0. The van der Waals surface area contributed by atoms with Gasteiger partial charge in [0.1, 0.15) is 5.75 Å². The molecule has 3 rings (SSSR count). The largest absolute Gasteiger partial charge is 0.497 e. The highest BCUT2D eigenvalue weighted by Crippen LogP contribution is 2.27. The van der Waals surface area contributed by atoms with Crippen molar-refractivity contribution in [2.45, 2.75) is 32.6 Å². The minimum atomic E-state index is -0.303. The van der Waals surface area contributed by atoms with Crippen LogP contribution in [0.25, 0.3) is 0 Å². The maximum absolute atomic E-state index is 12.5. The molecule has 0 radical (unpaired) electrons. The van der Waals surface area contributed by atoms with Gasteiger partial charge in [-0.25, -0.2) is 0 Å². The third-order valence-electron chi connectivity index (χ3n) is 5.21. The van der Waals surface area contributed by atoms with Crippen molar-refractivity contribution in [3.05, 3.63) is 59.7 Å². The van der Waals surface area contributed by atoms with Gasteiger partial charge in [-0.05, 0) is 47.7 Å². The number of rotatable bonds is 7. The van der Waals surface area contributed by atoms with Crippen LogP contribution in [-0.4, -0.2) is 32.0 Å². The summed E-state index contributed by atoms with van der Waals surface area (Å²) in [6, 6.07) is 15.9. The van der Waals surface area contributed by atoms with Gasteiger partial charge in [0.15, 0.2) is 0 Å². The maximum atomic E-state index is 12.5. The van der Waals surface area contributed by atoms with Crippen molar-refractivity contribution >= 4 is 17.5 Å². The first kappa shape index (κ1) is 19.9. The second kappa shape index (κ2) is 8.91. The summed E-state index contributed by atoms with van der Waals surface area (Å²) in [6.45, 7) is 5.26. The van der Waals surface area contributed by atoms with E-state index in [4.69, 9.17) is 4.74 Å². The van der Waals surface area contributed by atoms with Gasteiger partial charge in [0, 0.05) is 25.2 Å². The molecule has 1 fully saturated rings. The van der Waals surface area contributed by atoms with Crippen LogP contribution in [0.1, 0.15) is 37.3 Å². The minimum Gasteiger partial charge on any atom is -0.497 e. The monoisotopic (exact) mass is 380 g/mol. The average Bonchev–Trinajstić information content (AvgIpc) is 3.10. The molecule has 1 N–H and O–H groups in total. The number of carbonyl (C=O) groups is 2. The van der Waals surface area contributed by atoms with Gasteiger partial charge >= 0.3 is 0 Å². The third kappa shape index (κ3) is 4.71. The summed E-state index contributed by atoms with van der Waals surface area (Å²) >= 11 is 0. The Bertz CT molecular complexity index is 830. The van der Waals surface area contributed by atoms with E-state index in [9.17, 15) is 9.59 Å². The van der Waals surface area contributed by atoms with Crippen LogP contribution in [-0.2, 0) is 16.0 Å². The molecule has 28 heavy (non-hydrogen) atoms. The van der Waals surface area contributed by atoms with E-state index >= 15 is 0 Å². The Hall–Kier alpha value is -2.82. The molecule has 0 bridgehead atoms. The van der Waals surface area contributed by atoms with Crippen LogP contribution < -0.4 is 15.0 Å². The van der Waals surface area contributed by atoms with Gasteiger partial charge in [-0.1, -0.05) is 38.1 Å². The van der Waals surface area contributed by atoms with Crippen LogP contribution in [0.4, 0.5) is 5.69 Å². The first-order valence-electron chi connectivity index (χ1n) is 9.79. The van der Waals surface area contributed by atoms with Crippen LogP contribution in [0, 0.1) is 5.92 Å². The van der Waals surface area contributed by atoms with E-state index in [0.717, 1.165) is 23.4 Å². The second-order valence-electron chi connectivity index (χ2n) is 7.54. The standard InChI is InChI=1S/C23H28N2O3/c1-16(2)18-7-9-20(10-8-18)25-15-19(14-22(25)26)23(27)24-12-11-17-5-4-6-21(13-17)28-3/h4-10,13,16,19H,11-12,14-15H2,1-3H3,(H,24,27). The minimum absolute atomic E-state index is 0.00485. The molecule has 0 spiro atoms. The normalized spacial score (nSPS) is 16.5. The number of benzene rings is 2. The van der Waals surface area contributed by atoms with Crippen molar-refractivity contribution in [1.29, 1.82) is 0 Å². The number of ether oxygens (including phenoxy) is 1. The molecule has 2 aromatic rings. The van der Waals surface area contributed by atoms with Crippen molar-refractivity contribution < 1.29 is 14.3 Å². The van der Waals surface area contributed by atoms with Gasteiger partial charge in [-0.2, -0.15) is 0 Å². The zero-order valence-electron chi connectivity index (χ0n) is 16.8. The Labute approximate surface area is 166 Å². The van der Waals surface area contributed by atoms with Crippen molar-refractivity contribution in [3.8, 4) is 5.75 Å². The Balaban J connectivity index is 1.53. The van der Waals surface area contributed by atoms with Crippen LogP contribution in [0.2, 0.25) is 0 Å². The SMILES string of the molecule is COc1cccc(CCNC(=O)C2CC(=O)N(c3ccc(C(C)C)cc3)C2)c1. The van der Waals surface area contributed by atoms with Gasteiger partial charge in [0.2, 0.25) is 11.8 Å². The van der Waals surface area contributed by atoms with E-state index in [-0.39, 0.29) is 24.2 Å². The van der Waals surface area contributed by atoms with Crippen LogP contribution >= 0.6 is 0 Å². The topological polar surface area (TPSA) is 58.6 Å². The highest BCUT2D eigenvalue weighted by atomic mass is 16.5. The lowest BCUT2D eigenvalue weighted by Gasteiger charge is -2.18. The summed E-state index contributed by atoms with van der Waals surface area (Å²) in [5.74, 6) is 0.904. The molecule has 5 heteroatoms. The van der Waals surface area contributed by atoms with Crippen LogP contribution in [0.5, 0.6) is 5.75 Å².